The number of likely N-dealkylation sites (N-methyl/N-ethyl adjacent to an activating group) is 1. The summed E-state index contributed by atoms with van der Waals surface area (Å²) in [5.74, 6) is -2.74. The summed E-state index contributed by atoms with van der Waals surface area (Å²) in [7, 11) is 1.66. The molecule has 2 aliphatic rings. The van der Waals surface area contributed by atoms with Crippen molar-refractivity contribution >= 4 is 29.5 Å². The van der Waals surface area contributed by atoms with Crippen LogP contribution in [0, 0.1) is 17.8 Å². The lowest BCUT2D eigenvalue weighted by Gasteiger charge is -2.35. The van der Waals surface area contributed by atoms with Gasteiger partial charge in [0.2, 0.25) is 29.5 Å². The van der Waals surface area contributed by atoms with E-state index in [1.165, 1.54) is 4.90 Å². The molecular weight excluding hydrogens is 678 g/mol. The molecule has 306 valence electrons. The molecule has 0 spiro atoms. The monoisotopic (exact) mass is 752 g/mol. The van der Waals surface area contributed by atoms with Gasteiger partial charge in [0.15, 0.2) is 0 Å². The van der Waals surface area contributed by atoms with E-state index in [-0.39, 0.29) is 37.5 Å². The fourth-order valence-electron chi connectivity index (χ4n) is 7.22. The summed E-state index contributed by atoms with van der Waals surface area (Å²) in [5.41, 5.74) is 11.7. The Morgan fingerprint density at radius 2 is 1.53 bits per heavy atom. The van der Waals surface area contributed by atoms with Gasteiger partial charge in [0.1, 0.15) is 24.2 Å². The Morgan fingerprint density at radius 3 is 2.15 bits per heavy atom. The van der Waals surface area contributed by atoms with Gasteiger partial charge in [-0.25, -0.2) is 0 Å². The molecule has 0 bridgehead atoms. The van der Waals surface area contributed by atoms with Gasteiger partial charge in [-0.15, -0.1) is 0 Å². The zero-order valence-electron chi connectivity index (χ0n) is 33.8. The number of ether oxygens (including phenoxy) is 2. The molecule has 8 N–H and O–H groups in total. The van der Waals surface area contributed by atoms with Crippen molar-refractivity contribution in [2.45, 2.75) is 167 Å². The van der Waals surface area contributed by atoms with E-state index in [0.717, 1.165) is 57.8 Å². The smallest absolute Gasteiger partial charge is 0.245 e. The Labute approximate surface area is 318 Å². The van der Waals surface area contributed by atoms with Crippen molar-refractivity contribution in [2.24, 2.45) is 29.2 Å². The lowest BCUT2D eigenvalue weighted by Crippen LogP contribution is -2.62. The zero-order valence-corrected chi connectivity index (χ0v) is 33.8. The van der Waals surface area contributed by atoms with E-state index in [9.17, 15) is 24.0 Å². The average Bonchev–Trinajstić information content (AvgIpc) is 3.13. The van der Waals surface area contributed by atoms with Crippen LogP contribution in [0.5, 0.6) is 0 Å². The molecule has 0 radical (unpaired) electrons. The minimum Gasteiger partial charge on any atom is -0.376 e. The van der Waals surface area contributed by atoms with Gasteiger partial charge in [0.05, 0.1) is 24.7 Å². The molecule has 14 nitrogen and oxygen atoms in total. The topological polar surface area (TPSA) is 207 Å². The van der Waals surface area contributed by atoms with Gasteiger partial charge in [-0.2, -0.15) is 0 Å². The second-order valence-electron chi connectivity index (χ2n) is 15.7. The summed E-state index contributed by atoms with van der Waals surface area (Å²) in [6.45, 7) is 12.2. The molecule has 8 atom stereocenters. The molecular formula is C39H73N7O7. The normalized spacial score (nSPS) is 28.7. The number of nitrogens with one attached hydrogen (secondary N) is 4. The first-order valence-corrected chi connectivity index (χ1v) is 20.4. The van der Waals surface area contributed by atoms with Crippen LogP contribution in [-0.2, 0) is 33.4 Å². The van der Waals surface area contributed by atoms with E-state index in [0.29, 0.717) is 32.2 Å². The lowest BCUT2D eigenvalue weighted by molar-refractivity contribution is -0.147. The Balaban J connectivity index is 2.59. The Hall–Kier alpha value is -2.81. The predicted octanol–water partition coefficient (Wildman–Crippen LogP) is 2.51. The van der Waals surface area contributed by atoms with Gasteiger partial charge in [-0.05, 0) is 70.8 Å². The van der Waals surface area contributed by atoms with E-state index < -0.39 is 72.0 Å². The summed E-state index contributed by atoms with van der Waals surface area (Å²) in [5, 5.41) is 11.5. The summed E-state index contributed by atoms with van der Waals surface area (Å²) in [6, 6.07) is -4.55. The van der Waals surface area contributed by atoms with Crippen molar-refractivity contribution in [3.8, 4) is 0 Å². The maximum atomic E-state index is 14.3. The van der Waals surface area contributed by atoms with Crippen LogP contribution in [0.3, 0.4) is 0 Å². The Kier molecular flexibility index (Phi) is 21.5. The molecule has 1 saturated heterocycles. The van der Waals surface area contributed by atoms with E-state index in [1.807, 2.05) is 6.92 Å². The van der Waals surface area contributed by atoms with Crippen molar-refractivity contribution in [1.29, 1.82) is 0 Å². The molecule has 2 fully saturated rings. The number of nitrogens with zero attached hydrogens (tertiary/aromatic N) is 1. The largest absolute Gasteiger partial charge is 0.376 e. The quantitative estimate of drug-likeness (QED) is 0.136. The molecule has 1 saturated carbocycles. The molecule has 14 heteroatoms. The first-order chi connectivity index (χ1) is 25.2. The molecule has 2 rings (SSSR count). The molecule has 0 aromatic heterocycles. The minimum atomic E-state index is -1.19. The van der Waals surface area contributed by atoms with E-state index >= 15 is 0 Å². The number of unbranched alkanes of at least 4 members (excludes halogenated alkanes) is 3. The fourth-order valence-corrected chi connectivity index (χ4v) is 7.22. The van der Waals surface area contributed by atoms with Crippen LogP contribution >= 0.6 is 0 Å². The van der Waals surface area contributed by atoms with Crippen molar-refractivity contribution in [3.05, 3.63) is 0 Å². The first-order valence-electron chi connectivity index (χ1n) is 20.4. The zero-order chi connectivity index (χ0) is 39.5. The first kappa shape index (κ1) is 46.3. The highest BCUT2D eigenvalue weighted by Gasteiger charge is 2.39. The van der Waals surface area contributed by atoms with Gasteiger partial charge in [0, 0.05) is 26.2 Å². The minimum absolute atomic E-state index is 0.121. The summed E-state index contributed by atoms with van der Waals surface area (Å²) in [4.78, 5) is 71.6. The highest BCUT2D eigenvalue weighted by atomic mass is 16.5. The second-order valence-corrected chi connectivity index (χ2v) is 15.7. The summed E-state index contributed by atoms with van der Waals surface area (Å²) in [6.07, 6.45) is 9.44. The fraction of sp³-hybridized carbons (Fsp3) is 0.872. The van der Waals surface area contributed by atoms with Crippen LogP contribution in [0.1, 0.15) is 125 Å². The van der Waals surface area contributed by atoms with Crippen LogP contribution in [0.2, 0.25) is 0 Å². The van der Waals surface area contributed by atoms with E-state index in [2.05, 4.69) is 42.0 Å². The Morgan fingerprint density at radius 1 is 0.830 bits per heavy atom. The SMILES string of the molecule is CCCCCC[C@H]1OC[C@@H](C)NC(=O)[C@H]([C@H](C)OCCCN)NC(=O)[C@H](CN)NC(=O)[C@H](C2CCCCC2)NC(=O)[C@H](CCC(C)C)N(C)C(=O)[C@@H]1C. The number of carbonyl (C=O) groups excluding carboxylic acids is 5. The van der Waals surface area contributed by atoms with E-state index in [1.54, 1.807) is 20.9 Å². The van der Waals surface area contributed by atoms with Gasteiger partial charge in [0.25, 0.3) is 0 Å². The highest BCUT2D eigenvalue weighted by molar-refractivity contribution is 5.96. The Bertz CT molecular complexity index is 1140. The van der Waals surface area contributed by atoms with Crippen molar-refractivity contribution < 1.29 is 33.4 Å². The van der Waals surface area contributed by atoms with Crippen LogP contribution in [0.4, 0.5) is 0 Å². The maximum Gasteiger partial charge on any atom is 0.245 e. The van der Waals surface area contributed by atoms with Crippen molar-refractivity contribution in [2.75, 3.05) is 33.4 Å². The van der Waals surface area contributed by atoms with Gasteiger partial charge in [-0.1, -0.05) is 72.6 Å². The van der Waals surface area contributed by atoms with Gasteiger partial charge >= 0.3 is 0 Å². The molecule has 0 aromatic rings. The standard InChI is InChI=1S/C39H73N7O7/c1-8-9-10-14-18-32-27(5)39(51)46(7)31(20-19-25(2)3)36(48)45-34(29-16-12-11-13-17-29)38(50)43-30(23-41)35(47)44-33(28(6)52-22-15-21-40)37(49)42-26(4)24-53-32/h25-34H,8-24,40-41H2,1-7H3,(H,42,49)(H,43,50)(H,44,47)(H,45,48)/t26-,27-,28+,30+,31+,32-,33+,34+/m1/s1. The number of amides is 5. The van der Waals surface area contributed by atoms with E-state index in [4.69, 9.17) is 20.9 Å². The summed E-state index contributed by atoms with van der Waals surface area (Å²) >= 11 is 0. The highest BCUT2D eigenvalue weighted by Crippen LogP contribution is 2.28. The number of hydrogen-bond donors (Lipinski definition) is 6. The summed E-state index contributed by atoms with van der Waals surface area (Å²) < 4.78 is 12.3. The number of hydrogen-bond acceptors (Lipinski definition) is 9. The molecule has 1 aliphatic heterocycles. The molecule has 53 heavy (non-hydrogen) atoms. The number of nitrogens with two attached hydrogens (primary N) is 2. The predicted molar refractivity (Wildman–Crippen MR) is 206 cm³/mol. The third kappa shape index (κ3) is 15.5. The van der Waals surface area contributed by atoms with Crippen molar-refractivity contribution in [3.63, 3.8) is 0 Å². The number of rotatable bonds is 15. The molecule has 5 amide bonds. The lowest BCUT2D eigenvalue weighted by atomic mass is 9.83. The third-order valence-corrected chi connectivity index (χ3v) is 10.7. The van der Waals surface area contributed by atoms with Crippen LogP contribution in [-0.4, -0.2) is 110 Å². The van der Waals surface area contributed by atoms with Crippen LogP contribution in [0.15, 0.2) is 0 Å². The molecule has 0 aromatic carbocycles. The van der Waals surface area contributed by atoms with Gasteiger partial charge < -0.3 is 47.1 Å². The second kappa shape index (κ2) is 24.6. The van der Waals surface area contributed by atoms with Gasteiger partial charge in [-0.3, -0.25) is 24.0 Å². The van der Waals surface area contributed by atoms with Crippen LogP contribution in [0.25, 0.3) is 0 Å². The van der Waals surface area contributed by atoms with Crippen LogP contribution < -0.4 is 32.7 Å². The number of carbonyl (C=O) groups is 5. The molecule has 1 aliphatic carbocycles. The maximum absolute atomic E-state index is 14.3. The third-order valence-electron chi connectivity index (χ3n) is 10.7. The van der Waals surface area contributed by atoms with Crippen molar-refractivity contribution in [1.82, 2.24) is 26.2 Å². The molecule has 1 heterocycles. The average molecular weight is 752 g/mol. The molecule has 0 unspecified atom stereocenters.